The Morgan fingerprint density at radius 1 is 1.09 bits per heavy atom. The van der Waals surface area contributed by atoms with Crippen molar-refractivity contribution < 1.29 is 32.2 Å². The number of aromatic nitrogens is 2. The second-order valence-corrected chi connectivity index (χ2v) is 7.53. The molecule has 2 aromatic carbocycles. The van der Waals surface area contributed by atoms with E-state index in [4.69, 9.17) is 9.47 Å². The molecule has 178 valence electrons. The molecule has 0 bridgehead atoms. The van der Waals surface area contributed by atoms with Crippen molar-refractivity contribution in [2.75, 3.05) is 31.0 Å². The highest BCUT2D eigenvalue weighted by Gasteiger charge is 2.31. The number of benzene rings is 2. The standard InChI is InChI=1S/C23H21F3N4O4/c1-33-18-12-15(8-9-17(18)29-10-4-7-20(29)31)27-22(32)21-19(34-2)13-30(28-21)16-6-3-5-14(11-16)23(24,25)26/h3,5-6,8-9,11-13H,4,7,10H2,1-2H3,(H,27,32). The van der Waals surface area contributed by atoms with Gasteiger partial charge in [0.25, 0.3) is 5.91 Å². The number of nitrogens with one attached hydrogen (secondary N) is 1. The SMILES string of the molecule is COc1cc(NC(=O)c2nn(-c3cccc(C(F)(F)F)c3)cc2OC)ccc1N1CCCC1=O. The van der Waals surface area contributed by atoms with Gasteiger partial charge in [0.2, 0.25) is 5.91 Å². The lowest BCUT2D eigenvalue weighted by atomic mass is 10.2. The Morgan fingerprint density at radius 2 is 1.85 bits per heavy atom. The lowest BCUT2D eigenvalue weighted by molar-refractivity contribution is -0.137. The smallest absolute Gasteiger partial charge is 0.416 e. The van der Waals surface area contributed by atoms with Gasteiger partial charge in [-0.2, -0.15) is 18.3 Å². The number of alkyl halides is 3. The molecule has 3 aromatic rings. The number of nitrogens with zero attached hydrogens (tertiary/aromatic N) is 3. The molecule has 0 aliphatic carbocycles. The molecule has 0 radical (unpaired) electrons. The molecule has 8 nitrogen and oxygen atoms in total. The third kappa shape index (κ3) is 4.54. The Kier molecular flexibility index (Phi) is 6.18. The van der Waals surface area contributed by atoms with Gasteiger partial charge in [-0.05, 0) is 36.8 Å². The van der Waals surface area contributed by atoms with Crippen LogP contribution < -0.4 is 19.7 Å². The molecule has 0 saturated carbocycles. The Hall–Kier alpha value is -4.02. The van der Waals surface area contributed by atoms with Crippen molar-refractivity contribution in [1.82, 2.24) is 9.78 Å². The van der Waals surface area contributed by atoms with E-state index >= 15 is 0 Å². The summed E-state index contributed by atoms with van der Waals surface area (Å²) in [6, 6.07) is 9.45. The van der Waals surface area contributed by atoms with Crippen LogP contribution in [0.1, 0.15) is 28.9 Å². The molecule has 1 N–H and O–H groups in total. The first-order valence-electron chi connectivity index (χ1n) is 10.3. The minimum absolute atomic E-state index is 0.0000425. The monoisotopic (exact) mass is 474 g/mol. The maximum absolute atomic E-state index is 13.1. The van der Waals surface area contributed by atoms with Gasteiger partial charge < -0.3 is 19.7 Å². The molecule has 11 heteroatoms. The van der Waals surface area contributed by atoms with Crippen molar-refractivity contribution in [3.63, 3.8) is 0 Å². The number of hydrogen-bond donors (Lipinski definition) is 1. The number of amides is 2. The summed E-state index contributed by atoms with van der Waals surface area (Å²) in [4.78, 5) is 26.6. The molecule has 0 atom stereocenters. The molecule has 1 aromatic heterocycles. The molecular formula is C23H21F3N4O4. The molecule has 34 heavy (non-hydrogen) atoms. The van der Waals surface area contributed by atoms with Crippen molar-refractivity contribution in [2.45, 2.75) is 19.0 Å². The van der Waals surface area contributed by atoms with E-state index in [9.17, 15) is 22.8 Å². The van der Waals surface area contributed by atoms with E-state index in [1.807, 2.05) is 0 Å². The highest BCUT2D eigenvalue weighted by molar-refractivity contribution is 6.05. The summed E-state index contributed by atoms with van der Waals surface area (Å²) in [5, 5.41) is 6.81. The van der Waals surface area contributed by atoms with E-state index in [0.29, 0.717) is 30.1 Å². The number of carbonyl (C=O) groups excluding carboxylic acids is 2. The highest BCUT2D eigenvalue weighted by Crippen LogP contribution is 2.34. The largest absolute Gasteiger partial charge is 0.494 e. The number of methoxy groups -OCH3 is 2. The van der Waals surface area contributed by atoms with Crippen LogP contribution in [-0.4, -0.2) is 42.4 Å². The van der Waals surface area contributed by atoms with E-state index < -0.39 is 17.6 Å². The third-order valence-electron chi connectivity index (χ3n) is 5.36. The lowest BCUT2D eigenvalue weighted by Gasteiger charge is -2.19. The van der Waals surface area contributed by atoms with Gasteiger partial charge in [0, 0.05) is 24.7 Å². The summed E-state index contributed by atoms with van der Waals surface area (Å²) in [5.74, 6) is -0.134. The first-order valence-corrected chi connectivity index (χ1v) is 10.3. The Labute approximate surface area is 192 Å². The molecule has 1 fully saturated rings. The highest BCUT2D eigenvalue weighted by atomic mass is 19.4. The van der Waals surface area contributed by atoms with Crippen LogP contribution in [-0.2, 0) is 11.0 Å². The van der Waals surface area contributed by atoms with Gasteiger partial charge >= 0.3 is 6.18 Å². The number of hydrogen-bond acceptors (Lipinski definition) is 5. The zero-order valence-corrected chi connectivity index (χ0v) is 18.3. The number of ether oxygens (including phenoxy) is 2. The van der Waals surface area contributed by atoms with Crippen LogP contribution in [0.4, 0.5) is 24.5 Å². The van der Waals surface area contributed by atoms with E-state index in [-0.39, 0.29) is 23.0 Å². The molecule has 0 unspecified atom stereocenters. The molecule has 1 saturated heterocycles. The summed E-state index contributed by atoms with van der Waals surface area (Å²) in [6.45, 7) is 0.588. The Bertz CT molecular complexity index is 1240. The fourth-order valence-electron chi connectivity index (χ4n) is 3.69. The molecule has 1 aliphatic heterocycles. The lowest BCUT2D eigenvalue weighted by Crippen LogP contribution is -2.24. The molecular weight excluding hydrogens is 453 g/mol. The molecule has 2 amide bonds. The van der Waals surface area contributed by atoms with E-state index in [0.717, 1.165) is 23.2 Å². The molecule has 0 spiro atoms. The summed E-state index contributed by atoms with van der Waals surface area (Å²) in [7, 11) is 2.79. The maximum Gasteiger partial charge on any atom is 0.416 e. The predicted octanol–water partition coefficient (Wildman–Crippen LogP) is 4.29. The van der Waals surface area contributed by atoms with Gasteiger partial charge in [-0.25, -0.2) is 4.68 Å². The second-order valence-electron chi connectivity index (χ2n) is 7.53. The molecule has 2 heterocycles. The van der Waals surface area contributed by atoms with Gasteiger partial charge in [0.05, 0.1) is 37.4 Å². The second kappa shape index (κ2) is 9.08. The first kappa shape index (κ1) is 23.1. The maximum atomic E-state index is 13.1. The third-order valence-corrected chi connectivity index (χ3v) is 5.36. The fraction of sp³-hybridized carbons (Fsp3) is 0.261. The van der Waals surface area contributed by atoms with Crippen molar-refractivity contribution in [3.8, 4) is 17.2 Å². The van der Waals surface area contributed by atoms with Gasteiger partial charge in [-0.15, -0.1) is 0 Å². The fourth-order valence-corrected chi connectivity index (χ4v) is 3.69. The molecule has 1 aliphatic rings. The van der Waals surface area contributed by atoms with Crippen LogP contribution in [0.15, 0.2) is 48.7 Å². The number of anilines is 2. The average Bonchev–Trinajstić information content (AvgIpc) is 3.45. The zero-order valence-electron chi connectivity index (χ0n) is 18.3. The van der Waals surface area contributed by atoms with Crippen molar-refractivity contribution in [2.24, 2.45) is 0 Å². The Balaban J connectivity index is 1.59. The van der Waals surface area contributed by atoms with Crippen molar-refractivity contribution in [1.29, 1.82) is 0 Å². The topological polar surface area (TPSA) is 85.7 Å². The van der Waals surface area contributed by atoms with Crippen LogP contribution >= 0.6 is 0 Å². The summed E-state index contributed by atoms with van der Waals surface area (Å²) >= 11 is 0. The minimum Gasteiger partial charge on any atom is -0.494 e. The predicted molar refractivity (Wildman–Crippen MR) is 118 cm³/mol. The van der Waals surface area contributed by atoms with Crippen LogP contribution in [0.25, 0.3) is 5.69 Å². The quantitative estimate of drug-likeness (QED) is 0.576. The van der Waals surface area contributed by atoms with Gasteiger partial charge in [-0.1, -0.05) is 6.07 Å². The van der Waals surface area contributed by atoms with Gasteiger partial charge in [-0.3, -0.25) is 9.59 Å². The number of halogens is 3. The minimum atomic E-state index is -4.52. The van der Waals surface area contributed by atoms with Crippen molar-refractivity contribution in [3.05, 3.63) is 59.9 Å². The first-order chi connectivity index (χ1) is 16.2. The summed E-state index contributed by atoms with van der Waals surface area (Å²) in [5.41, 5.74) is 0.155. The normalized spacial score (nSPS) is 13.8. The van der Waals surface area contributed by atoms with Crippen LogP contribution in [0.2, 0.25) is 0 Å². The average molecular weight is 474 g/mol. The zero-order chi connectivity index (χ0) is 24.5. The van der Waals surface area contributed by atoms with Crippen LogP contribution in [0.3, 0.4) is 0 Å². The van der Waals surface area contributed by atoms with E-state index in [2.05, 4.69) is 10.4 Å². The van der Waals surface area contributed by atoms with Crippen molar-refractivity contribution >= 4 is 23.2 Å². The van der Waals surface area contributed by atoms with E-state index in [1.54, 1.807) is 23.1 Å². The van der Waals surface area contributed by atoms with Gasteiger partial charge in [0.1, 0.15) is 5.75 Å². The van der Waals surface area contributed by atoms with E-state index in [1.165, 1.54) is 32.5 Å². The number of rotatable bonds is 6. The Morgan fingerprint density at radius 3 is 2.50 bits per heavy atom. The summed E-state index contributed by atoms with van der Waals surface area (Å²) < 4.78 is 50.9. The molecule has 4 rings (SSSR count). The van der Waals surface area contributed by atoms with Gasteiger partial charge in [0.15, 0.2) is 11.4 Å². The van der Waals surface area contributed by atoms with Crippen LogP contribution in [0.5, 0.6) is 11.5 Å². The number of carbonyl (C=O) groups is 2. The summed E-state index contributed by atoms with van der Waals surface area (Å²) in [6.07, 6.45) is -1.96. The van der Waals surface area contributed by atoms with Crippen LogP contribution in [0, 0.1) is 0 Å².